The molecule has 0 aromatic heterocycles. The van der Waals surface area contributed by atoms with Crippen molar-refractivity contribution in [3.8, 4) is 5.75 Å². The fraction of sp³-hybridized carbons (Fsp3) is 0.538. The Labute approximate surface area is 126 Å². The van der Waals surface area contributed by atoms with Gasteiger partial charge in [0.15, 0.2) is 0 Å². The molecule has 0 fully saturated rings. The number of hydrogen-bond acceptors (Lipinski definition) is 3. The molecule has 0 unspecified atom stereocenters. The second kappa shape index (κ2) is 8.91. The number of ether oxygens (including phenoxy) is 1. The minimum Gasteiger partial charge on any atom is -0.492 e. The highest BCUT2D eigenvalue weighted by Gasteiger charge is 2.09. The van der Waals surface area contributed by atoms with Crippen LogP contribution >= 0.6 is 31.9 Å². The lowest BCUT2D eigenvalue weighted by Gasteiger charge is -2.13. The normalized spacial score (nSPS) is 10.7. The number of halogens is 2. The third-order valence-electron chi connectivity index (χ3n) is 2.47. The topological polar surface area (TPSA) is 33.3 Å². The first kappa shape index (κ1) is 16.0. The highest BCUT2D eigenvalue weighted by atomic mass is 79.9. The van der Waals surface area contributed by atoms with Crippen molar-refractivity contribution in [2.24, 2.45) is 0 Å². The Hall–Kier alpha value is -0.100. The summed E-state index contributed by atoms with van der Waals surface area (Å²) in [5.41, 5.74) is 1.17. The lowest BCUT2D eigenvalue weighted by atomic mass is 10.2. The first-order valence-corrected chi connectivity index (χ1v) is 7.73. The van der Waals surface area contributed by atoms with Gasteiger partial charge in [0.25, 0.3) is 0 Å². The molecule has 0 heterocycles. The molecule has 0 bridgehead atoms. The van der Waals surface area contributed by atoms with Crippen LogP contribution in [0, 0.1) is 0 Å². The average Bonchev–Trinajstić information content (AvgIpc) is 2.33. The van der Waals surface area contributed by atoms with Crippen LogP contribution in [0.4, 0.5) is 0 Å². The third kappa shape index (κ3) is 5.26. The van der Waals surface area contributed by atoms with Crippen molar-refractivity contribution in [2.75, 3.05) is 26.7 Å². The largest absolute Gasteiger partial charge is 0.492 e. The Kier molecular flexibility index (Phi) is 7.90. The second-order valence-corrected chi connectivity index (χ2v) is 5.71. The summed E-state index contributed by atoms with van der Waals surface area (Å²) in [4.78, 5) is 0. The van der Waals surface area contributed by atoms with Crippen molar-refractivity contribution in [1.82, 2.24) is 10.6 Å². The summed E-state index contributed by atoms with van der Waals surface area (Å²) in [5.74, 6) is 0.932. The van der Waals surface area contributed by atoms with E-state index in [4.69, 9.17) is 4.74 Å². The monoisotopic (exact) mass is 378 g/mol. The van der Waals surface area contributed by atoms with Gasteiger partial charge in [-0.15, -0.1) is 0 Å². The molecule has 0 amide bonds. The van der Waals surface area contributed by atoms with Crippen LogP contribution in [0.25, 0.3) is 0 Å². The molecule has 0 radical (unpaired) electrons. The van der Waals surface area contributed by atoms with Crippen molar-refractivity contribution < 1.29 is 4.74 Å². The SMILES string of the molecule is CCOc1c(Br)cc(Br)cc1CNCCCNC. The minimum atomic E-state index is 0.674. The third-order valence-corrected chi connectivity index (χ3v) is 3.52. The van der Waals surface area contributed by atoms with E-state index in [1.54, 1.807) is 0 Å². The standard InChI is InChI=1S/C13H20Br2N2O/c1-3-18-13-10(7-11(14)8-12(13)15)9-17-6-4-5-16-2/h7-8,16-17H,3-6,9H2,1-2H3. The molecule has 0 spiro atoms. The van der Waals surface area contributed by atoms with Crippen molar-refractivity contribution in [3.63, 3.8) is 0 Å². The fourth-order valence-corrected chi connectivity index (χ4v) is 3.09. The van der Waals surface area contributed by atoms with Crippen LogP contribution in [-0.2, 0) is 6.54 Å². The predicted molar refractivity (Wildman–Crippen MR) is 83.3 cm³/mol. The number of nitrogens with one attached hydrogen (secondary N) is 2. The summed E-state index contributed by atoms with van der Waals surface area (Å²) in [5, 5.41) is 6.56. The van der Waals surface area contributed by atoms with E-state index in [0.717, 1.165) is 40.8 Å². The van der Waals surface area contributed by atoms with Crippen molar-refractivity contribution in [2.45, 2.75) is 19.9 Å². The molecule has 0 aliphatic heterocycles. The van der Waals surface area contributed by atoms with E-state index in [-0.39, 0.29) is 0 Å². The van der Waals surface area contributed by atoms with Gasteiger partial charge in [0.05, 0.1) is 11.1 Å². The summed E-state index contributed by atoms with van der Waals surface area (Å²) in [7, 11) is 1.97. The average molecular weight is 380 g/mol. The van der Waals surface area contributed by atoms with Gasteiger partial charge in [-0.3, -0.25) is 0 Å². The zero-order valence-electron chi connectivity index (χ0n) is 10.9. The maximum atomic E-state index is 5.68. The van der Waals surface area contributed by atoms with Gasteiger partial charge in [0, 0.05) is 16.6 Å². The summed E-state index contributed by atoms with van der Waals surface area (Å²) in [6.45, 7) is 5.52. The molecule has 1 aromatic rings. The van der Waals surface area contributed by atoms with E-state index in [2.05, 4.69) is 48.6 Å². The first-order valence-electron chi connectivity index (χ1n) is 6.15. The van der Waals surface area contributed by atoms with E-state index in [0.29, 0.717) is 6.61 Å². The Morgan fingerprint density at radius 2 is 2.00 bits per heavy atom. The lowest BCUT2D eigenvalue weighted by Crippen LogP contribution is -2.19. The summed E-state index contributed by atoms with van der Waals surface area (Å²) >= 11 is 7.05. The van der Waals surface area contributed by atoms with Crippen molar-refractivity contribution >= 4 is 31.9 Å². The first-order chi connectivity index (χ1) is 8.69. The molecule has 0 aliphatic carbocycles. The zero-order valence-corrected chi connectivity index (χ0v) is 14.0. The van der Waals surface area contributed by atoms with Gasteiger partial charge in [-0.2, -0.15) is 0 Å². The van der Waals surface area contributed by atoms with E-state index in [9.17, 15) is 0 Å². The number of rotatable bonds is 8. The molecule has 2 N–H and O–H groups in total. The maximum Gasteiger partial charge on any atom is 0.138 e. The number of benzene rings is 1. The Morgan fingerprint density at radius 3 is 2.67 bits per heavy atom. The molecular formula is C13H20Br2N2O. The molecule has 0 saturated carbocycles. The van der Waals surface area contributed by atoms with Crippen LogP contribution in [-0.4, -0.2) is 26.7 Å². The van der Waals surface area contributed by atoms with Crippen LogP contribution in [0.5, 0.6) is 5.75 Å². The molecule has 3 nitrogen and oxygen atoms in total. The predicted octanol–water partition coefficient (Wildman–Crippen LogP) is 3.31. The van der Waals surface area contributed by atoms with E-state index in [1.807, 2.05) is 20.0 Å². The molecule has 0 atom stereocenters. The van der Waals surface area contributed by atoms with Gasteiger partial charge in [-0.05, 0) is 61.5 Å². The minimum absolute atomic E-state index is 0.674. The molecular weight excluding hydrogens is 360 g/mol. The summed E-state index contributed by atoms with van der Waals surface area (Å²) < 4.78 is 7.73. The van der Waals surface area contributed by atoms with Crippen molar-refractivity contribution in [1.29, 1.82) is 0 Å². The molecule has 1 rings (SSSR count). The van der Waals surface area contributed by atoms with Gasteiger partial charge in [0.2, 0.25) is 0 Å². The summed E-state index contributed by atoms with van der Waals surface area (Å²) in [6, 6.07) is 4.11. The van der Waals surface area contributed by atoms with Gasteiger partial charge in [-0.25, -0.2) is 0 Å². The van der Waals surface area contributed by atoms with E-state index in [1.165, 1.54) is 5.56 Å². The van der Waals surface area contributed by atoms with Gasteiger partial charge >= 0.3 is 0 Å². The van der Waals surface area contributed by atoms with Gasteiger partial charge in [0.1, 0.15) is 5.75 Å². The highest BCUT2D eigenvalue weighted by molar-refractivity contribution is 9.11. The maximum absolute atomic E-state index is 5.68. The highest BCUT2D eigenvalue weighted by Crippen LogP contribution is 2.32. The van der Waals surface area contributed by atoms with Crippen LogP contribution in [0.2, 0.25) is 0 Å². The summed E-state index contributed by atoms with van der Waals surface area (Å²) in [6.07, 6.45) is 1.12. The molecule has 0 saturated heterocycles. The Balaban J connectivity index is 2.62. The van der Waals surface area contributed by atoms with Crippen LogP contribution in [0.3, 0.4) is 0 Å². The molecule has 0 aliphatic rings. The van der Waals surface area contributed by atoms with Crippen molar-refractivity contribution in [3.05, 3.63) is 26.6 Å². The lowest BCUT2D eigenvalue weighted by molar-refractivity contribution is 0.333. The smallest absolute Gasteiger partial charge is 0.138 e. The Bertz CT molecular complexity index is 372. The fourth-order valence-electron chi connectivity index (χ4n) is 1.66. The van der Waals surface area contributed by atoms with Crippen LogP contribution in [0.1, 0.15) is 18.9 Å². The number of hydrogen-bond donors (Lipinski definition) is 2. The van der Waals surface area contributed by atoms with E-state index >= 15 is 0 Å². The molecule has 18 heavy (non-hydrogen) atoms. The van der Waals surface area contributed by atoms with Crippen LogP contribution in [0.15, 0.2) is 21.1 Å². The van der Waals surface area contributed by atoms with E-state index < -0.39 is 0 Å². The second-order valence-electron chi connectivity index (χ2n) is 3.94. The quantitative estimate of drug-likeness (QED) is 0.680. The molecule has 5 heteroatoms. The molecule has 1 aromatic carbocycles. The zero-order chi connectivity index (χ0) is 13.4. The van der Waals surface area contributed by atoms with Crippen LogP contribution < -0.4 is 15.4 Å². The van der Waals surface area contributed by atoms with Gasteiger partial charge < -0.3 is 15.4 Å². The molecule has 102 valence electrons. The Morgan fingerprint density at radius 1 is 1.22 bits per heavy atom. The van der Waals surface area contributed by atoms with Gasteiger partial charge in [-0.1, -0.05) is 15.9 Å².